The number of ether oxygens (including phenoxy) is 2. The monoisotopic (exact) mass is 396 g/mol. The molecule has 110 valence electrons. The van der Waals surface area contributed by atoms with E-state index in [0.29, 0.717) is 30.3 Å². The Morgan fingerprint density at radius 3 is 2.62 bits per heavy atom. The van der Waals surface area contributed by atoms with Gasteiger partial charge in [-0.05, 0) is 59.7 Å². The predicted molar refractivity (Wildman–Crippen MR) is 91.2 cm³/mol. The lowest BCUT2D eigenvalue weighted by Gasteiger charge is -2.15. The van der Waals surface area contributed by atoms with Crippen molar-refractivity contribution in [2.45, 2.75) is 20.5 Å². The highest BCUT2D eigenvalue weighted by molar-refractivity contribution is 14.1. The molecular formula is C17H17IO3. The van der Waals surface area contributed by atoms with Crippen LogP contribution in [-0.4, -0.2) is 12.9 Å². The topological polar surface area (TPSA) is 35.5 Å². The van der Waals surface area contributed by atoms with Gasteiger partial charge in [0.05, 0.1) is 10.2 Å². The Morgan fingerprint density at radius 2 is 1.95 bits per heavy atom. The Morgan fingerprint density at radius 1 is 1.19 bits per heavy atom. The van der Waals surface area contributed by atoms with Crippen LogP contribution < -0.4 is 9.47 Å². The second-order valence-corrected chi connectivity index (χ2v) is 5.76. The molecule has 0 bridgehead atoms. The van der Waals surface area contributed by atoms with E-state index >= 15 is 0 Å². The minimum Gasteiger partial charge on any atom is -0.490 e. The number of aldehydes is 1. The maximum atomic E-state index is 11.0. The van der Waals surface area contributed by atoms with Crippen LogP contribution in [0.5, 0.6) is 11.5 Å². The lowest BCUT2D eigenvalue weighted by atomic mass is 10.1. The molecule has 0 N–H and O–H groups in total. The fourth-order valence-electron chi connectivity index (χ4n) is 1.98. The van der Waals surface area contributed by atoms with E-state index in [4.69, 9.17) is 9.47 Å². The fraction of sp³-hybridized carbons (Fsp3) is 0.235. The Labute approximate surface area is 138 Å². The van der Waals surface area contributed by atoms with Crippen LogP contribution >= 0.6 is 22.6 Å². The smallest absolute Gasteiger partial charge is 0.175 e. The van der Waals surface area contributed by atoms with E-state index in [9.17, 15) is 4.79 Å². The minimum atomic E-state index is 0.475. The standard InChI is InChI=1S/C17H17IO3/c1-3-20-16-9-13(10-19)8-15(18)17(16)21-11-14-7-5-4-6-12(14)2/h4-10H,3,11H2,1-2H3. The quantitative estimate of drug-likeness (QED) is 0.537. The average molecular weight is 396 g/mol. The van der Waals surface area contributed by atoms with Crippen molar-refractivity contribution in [3.63, 3.8) is 0 Å². The molecule has 0 saturated heterocycles. The zero-order chi connectivity index (χ0) is 15.2. The maximum absolute atomic E-state index is 11.0. The third-order valence-corrected chi connectivity index (χ3v) is 3.90. The third-order valence-electron chi connectivity index (χ3n) is 3.10. The summed E-state index contributed by atoms with van der Waals surface area (Å²) in [7, 11) is 0. The van der Waals surface area contributed by atoms with Crippen molar-refractivity contribution in [3.8, 4) is 11.5 Å². The second-order valence-electron chi connectivity index (χ2n) is 4.60. The van der Waals surface area contributed by atoms with E-state index in [1.165, 1.54) is 5.56 Å². The van der Waals surface area contributed by atoms with Gasteiger partial charge in [-0.1, -0.05) is 24.3 Å². The van der Waals surface area contributed by atoms with Crippen molar-refractivity contribution in [2.75, 3.05) is 6.61 Å². The van der Waals surface area contributed by atoms with Gasteiger partial charge in [-0.25, -0.2) is 0 Å². The highest BCUT2D eigenvalue weighted by atomic mass is 127. The van der Waals surface area contributed by atoms with Crippen LogP contribution in [0.3, 0.4) is 0 Å². The van der Waals surface area contributed by atoms with E-state index in [1.54, 1.807) is 12.1 Å². The molecule has 0 atom stereocenters. The Kier molecular flexibility index (Phi) is 5.61. The summed E-state index contributed by atoms with van der Waals surface area (Å²) in [5.74, 6) is 1.30. The van der Waals surface area contributed by atoms with Crippen LogP contribution in [0.15, 0.2) is 36.4 Å². The number of carbonyl (C=O) groups excluding carboxylic acids is 1. The first kappa shape index (κ1) is 15.8. The molecule has 0 heterocycles. The van der Waals surface area contributed by atoms with Crippen molar-refractivity contribution >= 4 is 28.9 Å². The highest BCUT2D eigenvalue weighted by Gasteiger charge is 2.12. The van der Waals surface area contributed by atoms with Crippen molar-refractivity contribution in [1.29, 1.82) is 0 Å². The molecule has 2 aromatic carbocycles. The molecule has 0 radical (unpaired) electrons. The first-order valence-electron chi connectivity index (χ1n) is 6.74. The van der Waals surface area contributed by atoms with Gasteiger partial charge in [-0.2, -0.15) is 0 Å². The van der Waals surface area contributed by atoms with Crippen LogP contribution in [0.2, 0.25) is 0 Å². The molecule has 0 amide bonds. The summed E-state index contributed by atoms with van der Waals surface area (Å²) in [6.45, 7) is 4.97. The molecule has 0 aliphatic carbocycles. The van der Waals surface area contributed by atoms with Crippen molar-refractivity contribution in [2.24, 2.45) is 0 Å². The van der Waals surface area contributed by atoms with E-state index in [1.807, 2.05) is 25.1 Å². The summed E-state index contributed by atoms with van der Waals surface area (Å²) in [6, 6.07) is 11.6. The zero-order valence-corrected chi connectivity index (χ0v) is 14.2. The molecular weight excluding hydrogens is 379 g/mol. The van der Waals surface area contributed by atoms with Crippen molar-refractivity contribution in [1.82, 2.24) is 0 Å². The number of hydrogen-bond acceptors (Lipinski definition) is 3. The molecule has 21 heavy (non-hydrogen) atoms. The molecule has 4 heteroatoms. The summed E-state index contributed by atoms with van der Waals surface area (Å²) in [5, 5.41) is 0. The number of benzene rings is 2. The van der Waals surface area contributed by atoms with E-state index in [-0.39, 0.29) is 0 Å². The van der Waals surface area contributed by atoms with Crippen molar-refractivity contribution < 1.29 is 14.3 Å². The molecule has 0 spiro atoms. The average Bonchev–Trinajstić information content (AvgIpc) is 2.48. The fourth-order valence-corrected chi connectivity index (χ4v) is 2.76. The largest absolute Gasteiger partial charge is 0.490 e. The molecule has 0 fully saturated rings. The number of rotatable bonds is 6. The van der Waals surface area contributed by atoms with E-state index in [2.05, 4.69) is 35.6 Å². The lowest BCUT2D eigenvalue weighted by molar-refractivity contribution is 0.112. The Balaban J connectivity index is 2.26. The third kappa shape index (κ3) is 3.97. The number of aryl methyl sites for hydroxylation is 1. The Bertz CT molecular complexity index is 638. The van der Waals surface area contributed by atoms with Gasteiger partial charge in [0.15, 0.2) is 11.5 Å². The summed E-state index contributed by atoms with van der Waals surface area (Å²) in [4.78, 5) is 11.0. The molecule has 0 aromatic heterocycles. The first-order valence-corrected chi connectivity index (χ1v) is 7.82. The number of carbonyl (C=O) groups is 1. The molecule has 0 aliphatic heterocycles. The van der Waals surface area contributed by atoms with Crippen LogP contribution in [0.25, 0.3) is 0 Å². The normalized spacial score (nSPS) is 10.2. The predicted octanol–water partition coefficient (Wildman–Crippen LogP) is 4.39. The SMILES string of the molecule is CCOc1cc(C=O)cc(I)c1OCc1ccccc1C. The van der Waals surface area contributed by atoms with E-state index in [0.717, 1.165) is 15.4 Å². The Hall–Kier alpha value is -1.56. The van der Waals surface area contributed by atoms with Gasteiger partial charge < -0.3 is 9.47 Å². The molecule has 2 aromatic rings. The molecule has 0 aliphatic rings. The molecule has 3 nitrogen and oxygen atoms in total. The summed E-state index contributed by atoms with van der Waals surface area (Å²) >= 11 is 2.16. The first-order chi connectivity index (χ1) is 10.2. The number of halogens is 1. The van der Waals surface area contributed by atoms with Gasteiger partial charge in [0, 0.05) is 5.56 Å². The van der Waals surface area contributed by atoms with Crippen LogP contribution in [0.1, 0.15) is 28.4 Å². The van der Waals surface area contributed by atoms with Gasteiger partial charge in [0.2, 0.25) is 0 Å². The van der Waals surface area contributed by atoms with Gasteiger partial charge in [-0.15, -0.1) is 0 Å². The van der Waals surface area contributed by atoms with Gasteiger partial charge in [0.1, 0.15) is 12.9 Å². The number of hydrogen-bond donors (Lipinski definition) is 0. The maximum Gasteiger partial charge on any atom is 0.175 e. The summed E-state index contributed by atoms with van der Waals surface area (Å²) in [6.07, 6.45) is 0.815. The second kappa shape index (κ2) is 7.45. The van der Waals surface area contributed by atoms with Crippen molar-refractivity contribution in [3.05, 3.63) is 56.7 Å². The van der Waals surface area contributed by atoms with Crippen LogP contribution in [-0.2, 0) is 6.61 Å². The minimum absolute atomic E-state index is 0.475. The van der Waals surface area contributed by atoms with Gasteiger partial charge in [0.25, 0.3) is 0 Å². The molecule has 2 rings (SSSR count). The van der Waals surface area contributed by atoms with Gasteiger partial charge in [-0.3, -0.25) is 4.79 Å². The van der Waals surface area contributed by atoms with Crippen LogP contribution in [0.4, 0.5) is 0 Å². The highest BCUT2D eigenvalue weighted by Crippen LogP contribution is 2.34. The van der Waals surface area contributed by atoms with E-state index < -0.39 is 0 Å². The van der Waals surface area contributed by atoms with Gasteiger partial charge >= 0.3 is 0 Å². The zero-order valence-electron chi connectivity index (χ0n) is 12.1. The molecule has 0 saturated carbocycles. The molecule has 0 unspecified atom stereocenters. The summed E-state index contributed by atoms with van der Waals surface area (Å²) in [5.41, 5.74) is 2.91. The van der Waals surface area contributed by atoms with Crippen LogP contribution in [0, 0.1) is 10.5 Å². The summed E-state index contributed by atoms with van der Waals surface area (Å²) < 4.78 is 12.4. The lowest BCUT2D eigenvalue weighted by Crippen LogP contribution is -2.03.